The van der Waals surface area contributed by atoms with Crippen LogP contribution >= 0.6 is 0 Å². The van der Waals surface area contributed by atoms with Gasteiger partial charge in [-0.1, -0.05) is 50.1 Å². The maximum absolute atomic E-state index is 5.59. The van der Waals surface area contributed by atoms with Gasteiger partial charge in [0, 0.05) is 17.9 Å². The van der Waals surface area contributed by atoms with Gasteiger partial charge < -0.3 is 9.84 Å². The van der Waals surface area contributed by atoms with Crippen molar-refractivity contribution in [3.05, 3.63) is 11.7 Å². The minimum atomic E-state index is 0.186. The summed E-state index contributed by atoms with van der Waals surface area (Å²) >= 11 is 0. The van der Waals surface area contributed by atoms with Crippen molar-refractivity contribution in [2.75, 3.05) is 7.05 Å². The Labute approximate surface area is 128 Å². The molecule has 2 aliphatic carbocycles. The van der Waals surface area contributed by atoms with E-state index in [1.54, 1.807) is 0 Å². The van der Waals surface area contributed by atoms with Gasteiger partial charge in [-0.2, -0.15) is 4.98 Å². The molecule has 0 aliphatic heterocycles. The summed E-state index contributed by atoms with van der Waals surface area (Å²) in [6.45, 7) is 0. The van der Waals surface area contributed by atoms with Gasteiger partial charge in [-0.25, -0.2) is 0 Å². The van der Waals surface area contributed by atoms with E-state index in [1.165, 1.54) is 70.6 Å². The van der Waals surface area contributed by atoms with Gasteiger partial charge in [0.05, 0.1) is 0 Å². The minimum absolute atomic E-state index is 0.186. The highest BCUT2D eigenvalue weighted by atomic mass is 16.5. The minimum Gasteiger partial charge on any atom is -0.339 e. The number of rotatable bonds is 4. The van der Waals surface area contributed by atoms with Crippen LogP contribution in [0.2, 0.25) is 0 Å². The van der Waals surface area contributed by atoms with E-state index in [-0.39, 0.29) is 5.54 Å². The number of aromatic nitrogens is 2. The van der Waals surface area contributed by atoms with E-state index in [1.807, 2.05) is 0 Å². The van der Waals surface area contributed by atoms with Crippen LogP contribution in [0.1, 0.15) is 88.3 Å². The van der Waals surface area contributed by atoms with Crippen LogP contribution in [0.4, 0.5) is 0 Å². The molecule has 0 bridgehead atoms. The summed E-state index contributed by atoms with van der Waals surface area (Å²) in [5.74, 6) is 2.33. The lowest BCUT2D eigenvalue weighted by Gasteiger charge is -2.36. The van der Waals surface area contributed by atoms with Crippen LogP contribution in [0.25, 0.3) is 0 Å². The number of likely N-dealkylation sites (N-methyl/N-ethyl adjacent to an activating group) is 1. The van der Waals surface area contributed by atoms with Crippen LogP contribution in [0.5, 0.6) is 0 Å². The maximum Gasteiger partial charge on any atom is 0.228 e. The highest BCUT2D eigenvalue weighted by Gasteiger charge is 2.33. The molecule has 0 spiro atoms. The molecule has 0 radical (unpaired) electrons. The van der Waals surface area contributed by atoms with E-state index >= 15 is 0 Å². The second-order valence-electron chi connectivity index (χ2n) is 7.00. The molecule has 2 aliphatic rings. The smallest absolute Gasteiger partial charge is 0.228 e. The Morgan fingerprint density at radius 2 is 1.71 bits per heavy atom. The molecule has 1 N–H and O–H groups in total. The lowest BCUT2D eigenvalue weighted by molar-refractivity contribution is 0.221. The zero-order chi connectivity index (χ0) is 14.5. The van der Waals surface area contributed by atoms with E-state index < -0.39 is 0 Å². The summed E-state index contributed by atoms with van der Waals surface area (Å²) in [5.41, 5.74) is 0.186. The molecular weight excluding hydrogens is 262 g/mol. The molecule has 21 heavy (non-hydrogen) atoms. The fourth-order valence-electron chi connectivity index (χ4n) is 4.08. The van der Waals surface area contributed by atoms with E-state index in [9.17, 15) is 0 Å². The van der Waals surface area contributed by atoms with E-state index in [0.717, 1.165) is 18.1 Å². The SMILES string of the molecule is CNC1(Cc2nc(C3CCCCCC3)no2)CCCCC1. The van der Waals surface area contributed by atoms with Crippen LogP contribution in [0.15, 0.2) is 4.52 Å². The Hall–Kier alpha value is -0.900. The van der Waals surface area contributed by atoms with Crippen LogP contribution in [0, 0.1) is 0 Å². The summed E-state index contributed by atoms with van der Waals surface area (Å²) < 4.78 is 5.59. The molecule has 4 heteroatoms. The first kappa shape index (κ1) is 15.0. The number of nitrogens with one attached hydrogen (secondary N) is 1. The van der Waals surface area contributed by atoms with Crippen LogP contribution < -0.4 is 5.32 Å². The van der Waals surface area contributed by atoms with Crippen LogP contribution in [0.3, 0.4) is 0 Å². The second kappa shape index (κ2) is 6.91. The predicted octanol–water partition coefficient (Wildman–Crippen LogP) is 3.97. The fourth-order valence-corrected chi connectivity index (χ4v) is 4.08. The molecule has 0 unspecified atom stereocenters. The molecule has 1 aromatic rings. The summed E-state index contributed by atoms with van der Waals surface area (Å²) in [6.07, 6.45) is 15.2. The Balaban J connectivity index is 1.66. The summed E-state index contributed by atoms with van der Waals surface area (Å²) in [6, 6.07) is 0. The number of hydrogen-bond donors (Lipinski definition) is 1. The van der Waals surface area contributed by atoms with Crippen LogP contribution in [-0.4, -0.2) is 22.7 Å². The van der Waals surface area contributed by atoms with Crippen molar-refractivity contribution in [1.29, 1.82) is 0 Å². The lowest BCUT2D eigenvalue weighted by atomic mass is 9.79. The van der Waals surface area contributed by atoms with Gasteiger partial charge in [0.15, 0.2) is 5.82 Å². The molecule has 3 rings (SSSR count). The normalized spacial score (nSPS) is 23.9. The molecule has 1 aromatic heterocycles. The molecule has 118 valence electrons. The molecule has 0 atom stereocenters. The molecule has 1 heterocycles. The van der Waals surface area contributed by atoms with Gasteiger partial charge in [0.1, 0.15) is 0 Å². The van der Waals surface area contributed by atoms with E-state index in [0.29, 0.717) is 5.92 Å². The van der Waals surface area contributed by atoms with Crippen molar-refractivity contribution in [2.45, 2.75) is 88.5 Å². The monoisotopic (exact) mass is 291 g/mol. The molecular formula is C17H29N3O. The number of nitrogens with zero attached hydrogens (tertiary/aromatic N) is 2. The zero-order valence-corrected chi connectivity index (χ0v) is 13.4. The van der Waals surface area contributed by atoms with Crippen molar-refractivity contribution in [3.63, 3.8) is 0 Å². The van der Waals surface area contributed by atoms with Crippen LogP contribution in [-0.2, 0) is 6.42 Å². The Kier molecular flexibility index (Phi) is 4.94. The molecule has 4 nitrogen and oxygen atoms in total. The molecule has 0 amide bonds. The van der Waals surface area contributed by atoms with Gasteiger partial charge in [-0.3, -0.25) is 0 Å². The molecule has 0 saturated heterocycles. The van der Waals surface area contributed by atoms with E-state index in [4.69, 9.17) is 9.51 Å². The Morgan fingerprint density at radius 1 is 1.05 bits per heavy atom. The largest absolute Gasteiger partial charge is 0.339 e. The topological polar surface area (TPSA) is 51.0 Å². The van der Waals surface area contributed by atoms with Gasteiger partial charge in [0.25, 0.3) is 0 Å². The van der Waals surface area contributed by atoms with E-state index in [2.05, 4.69) is 17.5 Å². The molecule has 0 aromatic carbocycles. The van der Waals surface area contributed by atoms with Gasteiger partial charge in [0.2, 0.25) is 5.89 Å². The zero-order valence-electron chi connectivity index (χ0n) is 13.4. The van der Waals surface area contributed by atoms with Gasteiger partial charge in [-0.15, -0.1) is 0 Å². The average molecular weight is 291 g/mol. The van der Waals surface area contributed by atoms with Crippen molar-refractivity contribution in [1.82, 2.24) is 15.5 Å². The third-order valence-corrected chi connectivity index (χ3v) is 5.53. The van der Waals surface area contributed by atoms with Crippen molar-refractivity contribution in [2.24, 2.45) is 0 Å². The average Bonchev–Trinajstić information content (AvgIpc) is 2.81. The second-order valence-corrected chi connectivity index (χ2v) is 7.00. The van der Waals surface area contributed by atoms with Crippen molar-refractivity contribution in [3.8, 4) is 0 Å². The number of hydrogen-bond acceptors (Lipinski definition) is 4. The summed E-state index contributed by atoms with van der Waals surface area (Å²) in [7, 11) is 2.08. The first-order valence-electron chi connectivity index (χ1n) is 8.83. The summed E-state index contributed by atoms with van der Waals surface area (Å²) in [5, 5.41) is 7.84. The van der Waals surface area contributed by atoms with Gasteiger partial charge >= 0.3 is 0 Å². The predicted molar refractivity (Wildman–Crippen MR) is 83.3 cm³/mol. The molecule has 2 saturated carbocycles. The first-order chi connectivity index (χ1) is 10.3. The third kappa shape index (κ3) is 3.65. The van der Waals surface area contributed by atoms with Crippen molar-refractivity contribution >= 4 is 0 Å². The van der Waals surface area contributed by atoms with Crippen molar-refractivity contribution < 1.29 is 4.52 Å². The first-order valence-corrected chi connectivity index (χ1v) is 8.83. The summed E-state index contributed by atoms with van der Waals surface area (Å²) in [4.78, 5) is 4.74. The molecule has 2 fully saturated rings. The third-order valence-electron chi connectivity index (χ3n) is 5.53. The Bertz CT molecular complexity index is 429. The quantitative estimate of drug-likeness (QED) is 0.853. The fraction of sp³-hybridized carbons (Fsp3) is 0.882. The lowest BCUT2D eigenvalue weighted by Crippen LogP contribution is -2.46. The highest BCUT2D eigenvalue weighted by molar-refractivity contribution is 5.02. The highest BCUT2D eigenvalue weighted by Crippen LogP contribution is 2.33. The van der Waals surface area contributed by atoms with Gasteiger partial charge in [-0.05, 0) is 32.7 Å². The Morgan fingerprint density at radius 3 is 2.38 bits per heavy atom. The maximum atomic E-state index is 5.59. The standard InChI is InChI=1S/C17H29N3O/c1-18-17(11-7-4-8-12-17)13-15-19-16(20-21-15)14-9-5-2-3-6-10-14/h14,18H,2-13H2,1H3.